The van der Waals surface area contributed by atoms with Crippen LogP contribution in [0, 0.1) is 6.92 Å². The molecule has 0 saturated heterocycles. The first-order valence-electron chi connectivity index (χ1n) is 5.44. The molecule has 15 heavy (non-hydrogen) atoms. The van der Waals surface area contributed by atoms with Crippen molar-refractivity contribution in [2.45, 2.75) is 11.8 Å². The molecule has 1 aromatic rings. The molecule has 0 aromatic heterocycles. The average Bonchev–Trinajstić information content (AvgIpc) is 2.25. The Hall–Kier alpha value is -0.670. The van der Waals surface area contributed by atoms with Crippen LogP contribution in [-0.2, 0) is 0 Å². The second-order valence-electron chi connectivity index (χ2n) is 3.91. The Kier molecular flexibility index (Phi) is 3.54. The molecule has 0 unspecified atom stereocenters. The Morgan fingerprint density at radius 2 is 2.33 bits per heavy atom. The number of thioether (sulfide) groups is 1. The van der Waals surface area contributed by atoms with Gasteiger partial charge in [0.25, 0.3) is 0 Å². The lowest BCUT2D eigenvalue weighted by Crippen LogP contribution is -2.34. The molecule has 1 aliphatic rings. The topological polar surface area (TPSA) is 15.3 Å². The van der Waals surface area contributed by atoms with Crippen molar-refractivity contribution in [2.75, 3.05) is 37.3 Å². The zero-order valence-electron chi connectivity index (χ0n) is 9.42. The number of hydrogen-bond donors (Lipinski definition) is 1. The van der Waals surface area contributed by atoms with Crippen LogP contribution in [0.15, 0.2) is 23.1 Å². The Morgan fingerprint density at radius 1 is 1.47 bits per heavy atom. The summed E-state index contributed by atoms with van der Waals surface area (Å²) in [5.74, 6) is 1.21. The average molecular weight is 222 g/mol. The summed E-state index contributed by atoms with van der Waals surface area (Å²) < 4.78 is 0. The molecule has 1 N–H and O–H groups in total. The van der Waals surface area contributed by atoms with E-state index in [1.54, 1.807) is 0 Å². The number of benzene rings is 1. The van der Waals surface area contributed by atoms with Gasteiger partial charge in [0, 0.05) is 30.3 Å². The van der Waals surface area contributed by atoms with Crippen LogP contribution >= 0.6 is 11.8 Å². The van der Waals surface area contributed by atoms with Gasteiger partial charge < -0.3 is 10.2 Å². The second kappa shape index (κ2) is 4.90. The highest BCUT2D eigenvalue weighted by molar-refractivity contribution is 7.99. The van der Waals surface area contributed by atoms with Crippen molar-refractivity contribution in [2.24, 2.45) is 0 Å². The molecule has 0 aliphatic carbocycles. The molecule has 1 aromatic carbocycles. The fraction of sp³-hybridized carbons (Fsp3) is 0.500. The van der Waals surface area contributed by atoms with Crippen molar-refractivity contribution < 1.29 is 0 Å². The molecule has 0 spiro atoms. The van der Waals surface area contributed by atoms with E-state index in [1.807, 2.05) is 18.8 Å². The number of aryl methyl sites for hydroxylation is 1. The summed E-state index contributed by atoms with van der Waals surface area (Å²) in [7, 11) is 2.01. The molecule has 0 fully saturated rings. The van der Waals surface area contributed by atoms with Crippen molar-refractivity contribution in [3.05, 3.63) is 23.8 Å². The van der Waals surface area contributed by atoms with E-state index in [4.69, 9.17) is 0 Å². The van der Waals surface area contributed by atoms with Crippen LogP contribution in [0.2, 0.25) is 0 Å². The molecule has 82 valence electrons. The third-order valence-corrected chi connectivity index (χ3v) is 3.73. The van der Waals surface area contributed by atoms with Gasteiger partial charge in [-0.15, -0.1) is 11.8 Å². The van der Waals surface area contributed by atoms with E-state index in [0.29, 0.717) is 0 Å². The van der Waals surface area contributed by atoms with Gasteiger partial charge in [0.05, 0.1) is 5.69 Å². The minimum atomic E-state index is 1.05. The third-order valence-electron chi connectivity index (χ3n) is 2.71. The molecule has 1 heterocycles. The van der Waals surface area contributed by atoms with Crippen molar-refractivity contribution in [3.63, 3.8) is 0 Å². The number of rotatable bonds is 3. The quantitative estimate of drug-likeness (QED) is 0.843. The number of hydrogen-bond acceptors (Lipinski definition) is 3. The lowest BCUT2D eigenvalue weighted by atomic mass is 10.2. The third kappa shape index (κ3) is 2.47. The molecule has 3 heteroatoms. The lowest BCUT2D eigenvalue weighted by molar-refractivity contribution is 0.731. The predicted molar refractivity (Wildman–Crippen MR) is 68.0 cm³/mol. The fourth-order valence-corrected chi connectivity index (χ4v) is 3.01. The maximum atomic E-state index is 3.21. The Balaban J connectivity index is 2.18. The highest BCUT2D eigenvalue weighted by Crippen LogP contribution is 2.34. The van der Waals surface area contributed by atoms with Gasteiger partial charge in [-0.3, -0.25) is 0 Å². The molecule has 2 nitrogen and oxygen atoms in total. The van der Waals surface area contributed by atoms with E-state index in [-0.39, 0.29) is 0 Å². The van der Waals surface area contributed by atoms with Crippen LogP contribution in [0.4, 0.5) is 5.69 Å². The largest absolute Gasteiger partial charge is 0.369 e. The van der Waals surface area contributed by atoms with E-state index in [0.717, 1.165) is 13.1 Å². The van der Waals surface area contributed by atoms with Crippen LogP contribution in [0.1, 0.15) is 5.56 Å². The maximum absolute atomic E-state index is 3.21. The first-order valence-corrected chi connectivity index (χ1v) is 6.43. The zero-order valence-corrected chi connectivity index (χ0v) is 10.2. The molecule has 0 amide bonds. The standard InChI is InChI=1S/C12H18N2S/c1-10-3-4-11-12(9-10)15-8-7-14(11)6-5-13-2/h3-4,9,13H,5-8H2,1-2H3. The van der Waals surface area contributed by atoms with Gasteiger partial charge in [0.15, 0.2) is 0 Å². The summed E-state index contributed by atoms with van der Waals surface area (Å²) >= 11 is 1.98. The number of nitrogens with one attached hydrogen (secondary N) is 1. The van der Waals surface area contributed by atoms with Crippen molar-refractivity contribution in [1.29, 1.82) is 0 Å². The Bertz CT molecular complexity index is 338. The molecular weight excluding hydrogens is 204 g/mol. The van der Waals surface area contributed by atoms with Gasteiger partial charge in [-0.1, -0.05) is 6.07 Å². The maximum Gasteiger partial charge on any atom is 0.0505 e. The molecule has 0 radical (unpaired) electrons. The second-order valence-corrected chi connectivity index (χ2v) is 5.05. The zero-order chi connectivity index (χ0) is 10.7. The number of anilines is 1. The van der Waals surface area contributed by atoms with E-state index >= 15 is 0 Å². The van der Waals surface area contributed by atoms with Crippen molar-refractivity contribution in [3.8, 4) is 0 Å². The van der Waals surface area contributed by atoms with Crippen LogP contribution in [-0.4, -0.2) is 32.4 Å². The molecule has 0 atom stereocenters. The first-order chi connectivity index (χ1) is 7.31. The van der Waals surface area contributed by atoms with E-state index < -0.39 is 0 Å². The summed E-state index contributed by atoms with van der Waals surface area (Å²) in [5.41, 5.74) is 2.77. The normalized spacial score (nSPS) is 15.2. The highest BCUT2D eigenvalue weighted by atomic mass is 32.2. The van der Waals surface area contributed by atoms with Gasteiger partial charge in [-0.25, -0.2) is 0 Å². The van der Waals surface area contributed by atoms with E-state index in [2.05, 4.69) is 35.3 Å². The summed E-state index contributed by atoms with van der Waals surface area (Å²) in [5, 5.41) is 3.21. The molecule has 0 bridgehead atoms. The molecular formula is C12H18N2S. The Morgan fingerprint density at radius 3 is 3.13 bits per heavy atom. The Labute approximate surface area is 96.0 Å². The van der Waals surface area contributed by atoms with Gasteiger partial charge >= 0.3 is 0 Å². The van der Waals surface area contributed by atoms with Crippen LogP contribution in [0.25, 0.3) is 0 Å². The minimum Gasteiger partial charge on any atom is -0.369 e. The smallest absolute Gasteiger partial charge is 0.0505 e. The van der Waals surface area contributed by atoms with Crippen LogP contribution < -0.4 is 10.2 Å². The monoisotopic (exact) mass is 222 g/mol. The highest BCUT2D eigenvalue weighted by Gasteiger charge is 2.16. The molecule has 1 aliphatic heterocycles. The fourth-order valence-electron chi connectivity index (χ4n) is 1.86. The SMILES string of the molecule is CNCCN1CCSc2cc(C)ccc21. The van der Waals surface area contributed by atoms with Gasteiger partial charge in [0.1, 0.15) is 0 Å². The van der Waals surface area contributed by atoms with Crippen LogP contribution in [0.5, 0.6) is 0 Å². The first kappa shape index (κ1) is 10.8. The predicted octanol–water partition coefficient (Wildman–Crippen LogP) is 2.13. The lowest BCUT2D eigenvalue weighted by Gasteiger charge is -2.31. The van der Waals surface area contributed by atoms with E-state index in [1.165, 1.54) is 28.4 Å². The summed E-state index contributed by atoms with van der Waals surface area (Å²) in [6.07, 6.45) is 0. The molecule has 0 saturated carbocycles. The van der Waals surface area contributed by atoms with Crippen LogP contribution in [0.3, 0.4) is 0 Å². The summed E-state index contributed by atoms with van der Waals surface area (Å²) in [4.78, 5) is 3.92. The number of likely N-dealkylation sites (N-methyl/N-ethyl adjacent to an activating group) is 1. The minimum absolute atomic E-state index is 1.05. The summed E-state index contributed by atoms with van der Waals surface area (Å²) in [6, 6.07) is 6.76. The summed E-state index contributed by atoms with van der Waals surface area (Å²) in [6.45, 7) is 5.49. The number of fused-ring (bicyclic) bond motifs is 1. The van der Waals surface area contributed by atoms with Gasteiger partial charge in [-0.2, -0.15) is 0 Å². The van der Waals surface area contributed by atoms with Gasteiger partial charge in [-0.05, 0) is 31.7 Å². The van der Waals surface area contributed by atoms with E-state index in [9.17, 15) is 0 Å². The van der Waals surface area contributed by atoms with Crippen molar-refractivity contribution in [1.82, 2.24) is 5.32 Å². The van der Waals surface area contributed by atoms with Gasteiger partial charge in [0.2, 0.25) is 0 Å². The number of nitrogens with zero attached hydrogens (tertiary/aromatic N) is 1. The molecule has 2 rings (SSSR count). The van der Waals surface area contributed by atoms with Crippen molar-refractivity contribution >= 4 is 17.4 Å².